The quantitative estimate of drug-likeness (QED) is 0.366. The van der Waals surface area contributed by atoms with Gasteiger partial charge in [-0.3, -0.25) is 0 Å². The van der Waals surface area contributed by atoms with Gasteiger partial charge in [-0.15, -0.1) is 0 Å². The van der Waals surface area contributed by atoms with E-state index in [9.17, 15) is 0 Å². The molecule has 0 aliphatic heterocycles. The van der Waals surface area contributed by atoms with Crippen LogP contribution in [0.2, 0.25) is 23.2 Å². The van der Waals surface area contributed by atoms with Crippen molar-refractivity contribution < 1.29 is 8.85 Å². The molecule has 0 bridgehead atoms. The van der Waals surface area contributed by atoms with E-state index in [1.54, 1.807) is 0 Å². The zero-order chi connectivity index (χ0) is 25.6. The molecule has 0 radical (unpaired) electrons. The van der Waals surface area contributed by atoms with Gasteiger partial charge in [0.25, 0.3) is 8.32 Å². The van der Waals surface area contributed by atoms with E-state index in [0.29, 0.717) is 12.6 Å². The summed E-state index contributed by atoms with van der Waals surface area (Å²) in [6.07, 6.45) is 0.948. The van der Waals surface area contributed by atoms with Gasteiger partial charge in [0.1, 0.15) is 0 Å². The molecule has 0 heterocycles. The zero-order valence-electron chi connectivity index (χ0n) is 23.4. The predicted molar refractivity (Wildman–Crippen MR) is 153 cm³/mol. The van der Waals surface area contributed by atoms with E-state index in [4.69, 9.17) is 8.85 Å². The molecule has 0 unspecified atom stereocenters. The average molecular weight is 500 g/mol. The normalized spacial score (nSPS) is 14.4. The first kappa shape index (κ1) is 29.0. The summed E-state index contributed by atoms with van der Waals surface area (Å²) < 4.78 is 14.2. The summed E-state index contributed by atoms with van der Waals surface area (Å²) in [5.41, 5.74) is 0. The number of hydrogen-bond donors (Lipinski definition) is 1. The van der Waals surface area contributed by atoms with Crippen LogP contribution >= 0.6 is 0 Å². The van der Waals surface area contributed by atoms with E-state index < -0.39 is 16.6 Å². The van der Waals surface area contributed by atoms with Crippen LogP contribution in [0.4, 0.5) is 0 Å². The molecule has 0 aromatic heterocycles. The van der Waals surface area contributed by atoms with Gasteiger partial charge < -0.3 is 14.2 Å². The maximum atomic E-state index is 7.46. The van der Waals surface area contributed by atoms with E-state index >= 15 is 0 Å². The van der Waals surface area contributed by atoms with Crippen molar-refractivity contribution in [1.82, 2.24) is 5.32 Å². The first-order valence-electron chi connectivity index (χ1n) is 12.9. The first-order valence-corrected chi connectivity index (χ1v) is 17.7. The highest BCUT2D eigenvalue weighted by atomic mass is 28.4. The van der Waals surface area contributed by atoms with Crippen LogP contribution in [-0.4, -0.2) is 41.9 Å². The summed E-state index contributed by atoms with van der Waals surface area (Å²) in [6.45, 7) is 24.6. The summed E-state index contributed by atoms with van der Waals surface area (Å²) in [5, 5.41) is 6.37. The van der Waals surface area contributed by atoms with Crippen LogP contribution in [0.1, 0.15) is 61.8 Å². The second-order valence-corrected chi connectivity index (χ2v) is 21.4. The predicted octanol–water partition coefficient (Wildman–Crippen LogP) is 6.34. The average Bonchev–Trinajstić information content (AvgIpc) is 2.74. The molecule has 1 N–H and O–H groups in total. The minimum absolute atomic E-state index is 0.0201. The van der Waals surface area contributed by atoms with Crippen molar-refractivity contribution in [2.75, 3.05) is 13.2 Å². The molecule has 0 aliphatic carbocycles. The molecule has 0 saturated carbocycles. The number of hydrogen-bond acceptors (Lipinski definition) is 3. The number of benzene rings is 2. The Balaban J connectivity index is 2.52. The van der Waals surface area contributed by atoms with Gasteiger partial charge in [0.2, 0.25) is 0 Å². The van der Waals surface area contributed by atoms with Gasteiger partial charge >= 0.3 is 0 Å². The highest BCUT2D eigenvalue weighted by molar-refractivity contribution is 6.99. The van der Waals surface area contributed by atoms with Crippen molar-refractivity contribution >= 4 is 27.0 Å². The molecule has 0 spiro atoms. The van der Waals surface area contributed by atoms with Gasteiger partial charge in [0.05, 0.1) is 12.7 Å². The second-order valence-electron chi connectivity index (χ2n) is 12.4. The molecule has 0 aliphatic rings. The van der Waals surface area contributed by atoms with Crippen LogP contribution in [0.15, 0.2) is 60.7 Å². The standard InChI is InChI=1S/C29H49NO2Si2/c1-24(2)30-22-21-25(23-31-33(9,10)28(3,4)5)32-34(29(6,7)8,26-17-13-11-14-18-26)27-19-15-12-16-20-27/h11-20,24-25,30H,21-23H2,1-10H3/t25-/m0/s1. The molecule has 1 atom stereocenters. The lowest BCUT2D eigenvalue weighted by Gasteiger charge is -2.46. The number of rotatable bonds is 11. The Morgan fingerprint density at radius 1 is 0.765 bits per heavy atom. The fourth-order valence-corrected chi connectivity index (χ4v) is 9.90. The SMILES string of the molecule is CC(C)NCC[C@@H](CO[Si](C)(C)C(C)(C)C)O[Si](c1ccccc1)(c1ccccc1)C(C)(C)C. The van der Waals surface area contributed by atoms with Crippen LogP contribution < -0.4 is 15.7 Å². The molecule has 190 valence electrons. The zero-order valence-corrected chi connectivity index (χ0v) is 25.4. The van der Waals surface area contributed by atoms with E-state index in [1.807, 2.05) is 0 Å². The summed E-state index contributed by atoms with van der Waals surface area (Å²) in [4.78, 5) is 0. The Morgan fingerprint density at radius 2 is 1.24 bits per heavy atom. The Morgan fingerprint density at radius 3 is 1.62 bits per heavy atom. The maximum Gasteiger partial charge on any atom is 0.261 e. The monoisotopic (exact) mass is 499 g/mol. The highest BCUT2D eigenvalue weighted by Gasteiger charge is 2.51. The number of nitrogens with one attached hydrogen (secondary N) is 1. The fraction of sp³-hybridized carbons (Fsp3) is 0.586. The maximum absolute atomic E-state index is 7.46. The highest BCUT2D eigenvalue weighted by Crippen LogP contribution is 2.39. The molecule has 5 heteroatoms. The third-order valence-corrected chi connectivity index (χ3v) is 16.8. The lowest BCUT2D eigenvalue weighted by atomic mass is 10.2. The van der Waals surface area contributed by atoms with Gasteiger partial charge in [-0.2, -0.15) is 0 Å². The lowest BCUT2D eigenvalue weighted by molar-refractivity contribution is 0.104. The molecular weight excluding hydrogens is 450 g/mol. The summed E-state index contributed by atoms with van der Waals surface area (Å²) in [6, 6.07) is 22.3. The van der Waals surface area contributed by atoms with Crippen LogP contribution in [0.3, 0.4) is 0 Å². The Hall–Kier alpha value is -1.25. The third kappa shape index (κ3) is 7.14. The van der Waals surface area contributed by atoms with Crippen LogP contribution in [0.5, 0.6) is 0 Å². The Labute approximate surface area is 211 Å². The van der Waals surface area contributed by atoms with Gasteiger partial charge in [0, 0.05) is 6.04 Å². The van der Waals surface area contributed by atoms with Crippen molar-refractivity contribution in [2.45, 2.75) is 97.1 Å². The van der Waals surface area contributed by atoms with Crippen LogP contribution in [-0.2, 0) is 8.85 Å². The van der Waals surface area contributed by atoms with Gasteiger partial charge in [-0.1, -0.05) is 116 Å². The minimum Gasteiger partial charge on any atom is -0.414 e. The Kier molecular flexibility index (Phi) is 9.94. The lowest BCUT2D eigenvalue weighted by Crippen LogP contribution is -2.68. The summed E-state index contributed by atoms with van der Waals surface area (Å²) in [7, 11) is -4.52. The molecule has 0 amide bonds. The molecule has 3 nitrogen and oxygen atoms in total. The third-order valence-electron chi connectivity index (χ3n) is 7.22. The van der Waals surface area contributed by atoms with Gasteiger partial charge in [-0.25, -0.2) is 0 Å². The van der Waals surface area contributed by atoms with E-state index in [2.05, 4.69) is 134 Å². The molecule has 34 heavy (non-hydrogen) atoms. The fourth-order valence-electron chi connectivity index (χ4n) is 4.17. The first-order chi connectivity index (χ1) is 15.7. The van der Waals surface area contributed by atoms with Crippen molar-refractivity contribution in [3.8, 4) is 0 Å². The summed E-state index contributed by atoms with van der Waals surface area (Å²) in [5.74, 6) is 0. The second kappa shape index (κ2) is 11.7. The van der Waals surface area contributed by atoms with Crippen molar-refractivity contribution in [2.24, 2.45) is 0 Å². The van der Waals surface area contributed by atoms with E-state index in [0.717, 1.165) is 13.0 Å². The van der Waals surface area contributed by atoms with Crippen LogP contribution in [0, 0.1) is 0 Å². The topological polar surface area (TPSA) is 30.5 Å². The van der Waals surface area contributed by atoms with Crippen molar-refractivity contribution in [3.63, 3.8) is 0 Å². The molecule has 0 fully saturated rings. The molecular formula is C29H49NO2Si2. The van der Waals surface area contributed by atoms with Crippen molar-refractivity contribution in [1.29, 1.82) is 0 Å². The van der Waals surface area contributed by atoms with Crippen LogP contribution in [0.25, 0.3) is 0 Å². The molecule has 2 aromatic carbocycles. The smallest absolute Gasteiger partial charge is 0.261 e. The van der Waals surface area contributed by atoms with Gasteiger partial charge in [-0.05, 0) is 46.5 Å². The largest absolute Gasteiger partial charge is 0.414 e. The Bertz CT molecular complexity index is 816. The molecule has 2 aromatic rings. The molecule has 0 saturated heterocycles. The van der Waals surface area contributed by atoms with E-state index in [1.165, 1.54) is 10.4 Å². The van der Waals surface area contributed by atoms with E-state index in [-0.39, 0.29) is 16.2 Å². The molecule has 2 rings (SSSR count). The summed E-state index contributed by atoms with van der Waals surface area (Å²) >= 11 is 0. The minimum atomic E-state index is -2.62. The van der Waals surface area contributed by atoms with Gasteiger partial charge in [0.15, 0.2) is 8.32 Å². The van der Waals surface area contributed by atoms with Crippen molar-refractivity contribution in [3.05, 3.63) is 60.7 Å².